The van der Waals surface area contributed by atoms with Gasteiger partial charge >= 0.3 is 5.69 Å². The molecule has 3 N–H and O–H groups in total. The van der Waals surface area contributed by atoms with E-state index in [-0.39, 0.29) is 13.0 Å². The normalized spacial score (nSPS) is 18.9. The number of hydrogen-bond donors (Lipinski definition) is 3. The number of ether oxygens (including phenoxy) is 3. The number of aryl methyl sites for hydroxylation is 1. The molecule has 0 radical (unpaired) electrons. The van der Waals surface area contributed by atoms with Gasteiger partial charge in [0.25, 0.3) is 5.56 Å². The van der Waals surface area contributed by atoms with Gasteiger partial charge in [0.05, 0.1) is 32.0 Å². The van der Waals surface area contributed by atoms with Crippen LogP contribution in [0.15, 0.2) is 94.6 Å². The van der Waals surface area contributed by atoms with Gasteiger partial charge in [-0.1, -0.05) is 54.6 Å². The van der Waals surface area contributed by atoms with Crippen molar-refractivity contribution in [2.24, 2.45) is 0 Å². The molecular formula is C31H33N3O6. The predicted octanol–water partition coefficient (Wildman–Crippen LogP) is 3.09. The molecule has 1 aromatic heterocycles. The minimum absolute atomic E-state index is 0.209. The van der Waals surface area contributed by atoms with Crippen molar-refractivity contribution < 1.29 is 19.3 Å². The number of aliphatic hydroxyl groups excluding tert-OH is 1. The number of H-pyrrole nitrogens is 1. The van der Waals surface area contributed by atoms with Gasteiger partial charge in [0.1, 0.15) is 17.7 Å². The molecule has 0 aliphatic carbocycles. The van der Waals surface area contributed by atoms with Crippen LogP contribution in [0.25, 0.3) is 0 Å². The first-order valence-electron chi connectivity index (χ1n) is 13.1. The molecule has 1 aliphatic heterocycles. The fourth-order valence-electron chi connectivity index (χ4n) is 5.30. The number of aliphatic hydroxyl groups is 1. The summed E-state index contributed by atoms with van der Waals surface area (Å²) in [7, 11) is 3.26. The van der Waals surface area contributed by atoms with Crippen LogP contribution in [0, 0.1) is 6.92 Å². The molecule has 4 aromatic rings. The van der Waals surface area contributed by atoms with E-state index in [1.165, 1.54) is 10.8 Å². The molecule has 1 saturated heterocycles. The van der Waals surface area contributed by atoms with Crippen molar-refractivity contribution in [2.75, 3.05) is 20.8 Å². The summed E-state index contributed by atoms with van der Waals surface area (Å²) in [6, 6.07) is 25.8. The van der Waals surface area contributed by atoms with Crippen molar-refractivity contribution in [2.45, 2.75) is 37.3 Å². The van der Waals surface area contributed by atoms with Crippen molar-refractivity contribution in [1.82, 2.24) is 14.9 Å². The summed E-state index contributed by atoms with van der Waals surface area (Å²) in [5, 5.41) is 14.7. The maximum Gasteiger partial charge on any atom is 0.330 e. The summed E-state index contributed by atoms with van der Waals surface area (Å²) in [6.07, 6.45) is -0.489. The zero-order chi connectivity index (χ0) is 28.3. The smallest absolute Gasteiger partial charge is 0.330 e. The SMILES string of the molecule is COc1ccc(C(NC[C@H]2O[C@@H](n3cc(C)c(=O)[nH]c3=O)C[C@@H]2O)(c2ccccc2)c2ccc(OC)cc2)cc1. The lowest BCUT2D eigenvalue weighted by Crippen LogP contribution is -2.49. The molecular weight excluding hydrogens is 510 g/mol. The molecule has 0 saturated carbocycles. The largest absolute Gasteiger partial charge is 0.497 e. The Morgan fingerprint density at radius 2 is 1.48 bits per heavy atom. The van der Waals surface area contributed by atoms with E-state index in [2.05, 4.69) is 22.4 Å². The van der Waals surface area contributed by atoms with Crippen molar-refractivity contribution in [3.05, 3.63) is 128 Å². The average molecular weight is 544 g/mol. The molecule has 208 valence electrons. The molecule has 1 aliphatic rings. The zero-order valence-electron chi connectivity index (χ0n) is 22.7. The van der Waals surface area contributed by atoms with E-state index in [0.717, 1.165) is 28.2 Å². The second-order valence-electron chi connectivity index (χ2n) is 9.86. The van der Waals surface area contributed by atoms with Crippen molar-refractivity contribution in [3.63, 3.8) is 0 Å². The van der Waals surface area contributed by atoms with E-state index in [0.29, 0.717) is 5.56 Å². The van der Waals surface area contributed by atoms with Gasteiger partial charge in [-0.3, -0.25) is 19.7 Å². The number of hydrogen-bond acceptors (Lipinski definition) is 7. The first-order valence-corrected chi connectivity index (χ1v) is 13.1. The van der Waals surface area contributed by atoms with E-state index in [4.69, 9.17) is 14.2 Å². The molecule has 1 fully saturated rings. The van der Waals surface area contributed by atoms with E-state index in [1.54, 1.807) is 21.1 Å². The van der Waals surface area contributed by atoms with Crippen LogP contribution >= 0.6 is 0 Å². The first kappa shape index (κ1) is 27.4. The fourth-order valence-corrected chi connectivity index (χ4v) is 5.30. The Hall–Kier alpha value is -4.18. The van der Waals surface area contributed by atoms with Gasteiger partial charge in [-0.15, -0.1) is 0 Å². The molecule has 9 heteroatoms. The number of benzene rings is 3. The highest BCUT2D eigenvalue weighted by molar-refractivity contribution is 5.51. The number of nitrogens with zero attached hydrogens (tertiary/aromatic N) is 1. The van der Waals surface area contributed by atoms with Crippen LogP contribution in [0.5, 0.6) is 11.5 Å². The van der Waals surface area contributed by atoms with E-state index in [1.807, 2.05) is 66.7 Å². The molecule has 3 atom stereocenters. The van der Waals surface area contributed by atoms with Crippen molar-refractivity contribution in [1.29, 1.82) is 0 Å². The van der Waals surface area contributed by atoms with Gasteiger partial charge in [-0.05, 0) is 47.9 Å². The van der Waals surface area contributed by atoms with Crippen molar-refractivity contribution in [3.8, 4) is 11.5 Å². The molecule has 0 amide bonds. The van der Waals surface area contributed by atoms with Gasteiger partial charge in [0, 0.05) is 24.7 Å². The third-order valence-electron chi connectivity index (χ3n) is 7.48. The Bertz CT molecular complexity index is 1500. The predicted molar refractivity (Wildman–Crippen MR) is 151 cm³/mol. The summed E-state index contributed by atoms with van der Waals surface area (Å²) in [6.45, 7) is 1.89. The Balaban J connectivity index is 1.54. The number of rotatable bonds is 9. The zero-order valence-corrected chi connectivity index (χ0v) is 22.7. The maximum absolute atomic E-state index is 12.5. The summed E-state index contributed by atoms with van der Waals surface area (Å²) < 4.78 is 18.4. The summed E-state index contributed by atoms with van der Waals surface area (Å²) in [5.74, 6) is 1.47. The quantitative estimate of drug-likeness (QED) is 0.278. The lowest BCUT2D eigenvalue weighted by Gasteiger charge is -2.38. The second-order valence-corrected chi connectivity index (χ2v) is 9.86. The van der Waals surface area contributed by atoms with Crippen LogP contribution in [0.3, 0.4) is 0 Å². The molecule has 2 heterocycles. The summed E-state index contributed by atoms with van der Waals surface area (Å²) in [4.78, 5) is 26.6. The van der Waals surface area contributed by atoms with E-state index >= 15 is 0 Å². The Kier molecular flexibility index (Phi) is 7.88. The highest BCUT2D eigenvalue weighted by atomic mass is 16.5. The number of nitrogens with one attached hydrogen (secondary N) is 2. The molecule has 0 spiro atoms. The van der Waals surface area contributed by atoms with Gasteiger partial charge in [-0.25, -0.2) is 4.79 Å². The minimum Gasteiger partial charge on any atom is -0.497 e. The van der Waals surface area contributed by atoms with E-state index < -0.39 is 35.2 Å². The highest BCUT2D eigenvalue weighted by Gasteiger charge is 2.40. The van der Waals surface area contributed by atoms with Crippen LogP contribution in [-0.2, 0) is 10.3 Å². The number of aromatic nitrogens is 2. The maximum atomic E-state index is 12.5. The Labute approximate surface area is 232 Å². The Morgan fingerprint density at radius 3 is 2.02 bits per heavy atom. The van der Waals surface area contributed by atoms with Gasteiger partial charge in [0.2, 0.25) is 0 Å². The molecule has 9 nitrogen and oxygen atoms in total. The third-order valence-corrected chi connectivity index (χ3v) is 7.48. The average Bonchev–Trinajstić information content (AvgIpc) is 3.36. The number of methoxy groups -OCH3 is 2. The number of aromatic amines is 1. The Morgan fingerprint density at radius 1 is 0.925 bits per heavy atom. The molecule has 0 bridgehead atoms. The van der Waals surface area contributed by atoms with Crippen LogP contribution in [0.2, 0.25) is 0 Å². The van der Waals surface area contributed by atoms with Crippen LogP contribution < -0.4 is 26.0 Å². The standard InChI is InChI=1S/C31H33N3O6/c1-20-19-34(30(37)33-29(20)36)28-17-26(35)27(40-28)18-32-31(21-7-5-4-6-8-21,22-9-13-24(38-2)14-10-22)23-11-15-25(39-3)16-12-23/h4-16,19,26-28,32,35H,17-18H2,1-3H3,(H,33,36,37)/t26-,27+,28+/m0/s1. The van der Waals surface area contributed by atoms with Gasteiger partial charge in [0.15, 0.2) is 0 Å². The second kappa shape index (κ2) is 11.5. The first-order chi connectivity index (χ1) is 19.3. The van der Waals surface area contributed by atoms with Crippen LogP contribution in [0.4, 0.5) is 0 Å². The van der Waals surface area contributed by atoms with Gasteiger partial charge < -0.3 is 19.3 Å². The lowest BCUT2D eigenvalue weighted by molar-refractivity contribution is -0.0213. The third kappa shape index (κ3) is 5.19. The lowest BCUT2D eigenvalue weighted by atomic mass is 9.76. The minimum atomic E-state index is -0.836. The molecule has 0 unspecified atom stereocenters. The van der Waals surface area contributed by atoms with Gasteiger partial charge in [-0.2, -0.15) is 0 Å². The van der Waals surface area contributed by atoms with Crippen LogP contribution in [-0.4, -0.2) is 47.6 Å². The van der Waals surface area contributed by atoms with E-state index in [9.17, 15) is 14.7 Å². The summed E-state index contributed by atoms with van der Waals surface area (Å²) in [5.41, 5.74) is 1.46. The monoisotopic (exact) mass is 543 g/mol. The summed E-state index contributed by atoms with van der Waals surface area (Å²) >= 11 is 0. The molecule has 5 rings (SSSR count). The highest BCUT2D eigenvalue weighted by Crippen LogP contribution is 2.39. The fraction of sp³-hybridized carbons (Fsp3) is 0.290. The van der Waals surface area contributed by atoms with Crippen LogP contribution in [0.1, 0.15) is 34.9 Å². The molecule has 3 aromatic carbocycles. The topological polar surface area (TPSA) is 115 Å². The van der Waals surface area contributed by atoms with Crippen molar-refractivity contribution >= 4 is 0 Å². The molecule has 40 heavy (non-hydrogen) atoms.